The van der Waals surface area contributed by atoms with Crippen LogP contribution in [0.25, 0.3) is 22.6 Å². The van der Waals surface area contributed by atoms with Crippen LogP contribution in [-0.4, -0.2) is 10.1 Å². The topological polar surface area (TPSA) is 38.9 Å². The van der Waals surface area contributed by atoms with E-state index in [1.54, 1.807) is 18.2 Å². The molecule has 2 aromatic heterocycles. The van der Waals surface area contributed by atoms with Gasteiger partial charge in [-0.05, 0) is 24.3 Å². The Morgan fingerprint density at radius 3 is 2.60 bits per heavy atom. The molecular formula is C14H7ClF2N2O. The smallest absolute Gasteiger partial charge is 0.170 e. The summed E-state index contributed by atoms with van der Waals surface area (Å²) in [5.41, 5.74) is 1.33. The Kier molecular flexibility index (Phi) is 3.20. The predicted molar refractivity (Wildman–Crippen MR) is 70.1 cm³/mol. The van der Waals surface area contributed by atoms with Crippen LogP contribution in [-0.2, 0) is 0 Å². The van der Waals surface area contributed by atoms with E-state index in [1.807, 2.05) is 0 Å². The fourth-order valence-electron chi connectivity index (χ4n) is 1.75. The predicted octanol–water partition coefficient (Wildman–Crippen LogP) is 4.34. The summed E-state index contributed by atoms with van der Waals surface area (Å²) in [6.07, 6.45) is 1.53. The number of hydrogen-bond acceptors (Lipinski definition) is 3. The molecule has 0 unspecified atom stereocenters. The van der Waals surface area contributed by atoms with Gasteiger partial charge in [0.2, 0.25) is 0 Å². The Bertz CT molecular complexity index is 756. The maximum Gasteiger partial charge on any atom is 0.170 e. The van der Waals surface area contributed by atoms with Crippen LogP contribution in [0.15, 0.2) is 47.1 Å². The molecule has 0 spiro atoms. The number of pyridine rings is 1. The van der Waals surface area contributed by atoms with Crippen molar-refractivity contribution in [2.24, 2.45) is 0 Å². The summed E-state index contributed by atoms with van der Waals surface area (Å²) in [6.45, 7) is 0. The highest BCUT2D eigenvalue weighted by atomic mass is 35.5. The molecule has 0 saturated heterocycles. The van der Waals surface area contributed by atoms with E-state index >= 15 is 0 Å². The fourth-order valence-corrected chi connectivity index (χ4v) is 1.87. The molecule has 0 atom stereocenters. The highest BCUT2D eigenvalue weighted by Crippen LogP contribution is 2.28. The molecule has 0 aliphatic heterocycles. The van der Waals surface area contributed by atoms with E-state index in [1.165, 1.54) is 12.3 Å². The molecule has 6 heteroatoms. The van der Waals surface area contributed by atoms with Gasteiger partial charge in [-0.1, -0.05) is 16.8 Å². The zero-order valence-electron chi connectivity index (χ0n) is 9.98. The quantitative estimate of drug-likeness (QED) is 0.660. The van der Waals surface area contributed by atoms with E-state index in [-0.39, 0.29) is 11.3 Å². The highest BCUT2D eigenvalue weighted by molar-refractivity contribution is 6.29. The normalized spacial score (nSPS) is 10.8. The number of benzene rings is 1. The summed E-state index contributed by atoms with van der Waals surface area (Å²) in [4.78, 5) is 3.93. The standard InChI is InChI=1S/C14H7ClF2N2O/c15-14-4-1-8(7-18-14)12-6-13(20-19-12)10-3-2-9(16)5-11(10)17/h1-7H. The van der Waals surface area contributed by atoms with E-state index in [0.717, 1.165) is 12.1 Å². The molecular weight excluding hydrogens is 286 g/mol. The van der Waals surface area contributed by atoms with Crippen LogP contribution in [0.5, 0.6) is 0 Å². The minimum Gasteiger partial charge on any atom is -0.356 e. The molecule has 0 amide bonds. The van der Waals surface area contributed by atoms with Crippen molar-refractivity contribution in [3.8, 4) is 22.6 Å². The lowest BCUT2D eigenvalue weighted by Crippen LogP contribution is -1.84. The summed E-state index contributed by atoms with van der Waals surface area (Å²) in [5, 5.41) is 4.20. The van der Waals surface area contributed by atoms with E-state index in [2.05, 4.69) is 10.1 Å². The van der Waals surface area contributed by atoms with E-state index in [4.69, 9.17) is 16.1 Å². The molecule has 0 saturated carbocycles. The van der Waals surface area contributed by atoms with Gasteiger partial charge in [-0.2, -0.15) is 0 Å². The van der Waals surface area contributed by atoms with Crippen molar-refractivity contribution >= 4 is 11.6 Å². The van der Waals surface area contributed by atoms with Gasteiger partial charge in [-0.25, -0.2) is 13.8 Å². The Hall–Kier alpha value is -2.27. The van der Waals surface area contributed by atoms with E-state index in [0.29, 0.717) is 16.4 Å². The summed E-state index contributed by atoms with van der Waals surface area (Å²) in [5.74, 6) is -1.14. The van der Waals surface area contributed by atoms with Gasteiger partial charge in [-0.3, -0.25) is 0 Å². The Morgan fingerprint density at radius 1 is 1.05 bits per heavy atom. The third kappa shape index (κ3) is 2.40. The van der Waals surface area contributed by atoms with Gasteiger partial charge in [-0.15, -0.1) is 0 Å². The van der Waals surface area contributed by atoms with Gasteiger partial charge in [0.05, 0.1) is 5.56 Å². The number of nitrogens with zero attached hydrogens (tertiary/aromatic N) is 2. The van der Waals surface area contributed by atoms with Gasteiger partial charge in [0, 0.05) is 23.9 Å². The van der Waals surface area contributed by atoms with Gasteiger partial charge >= 0.3 is 0 Å². The van der Waals surface area contributed by atoms with Crippen LogP contribution < -0.4 is 0 Å². The number of rotatable bonds is 2. The Balaban J connectivity index is 1.99. The van der Waals surface area contributed by atoms with Crippen molar-refractivity contribution in [1.82, 2.24) is 10.1 Å². The van der Waals surface area contributed by atoms with Crippen molar-refractivity contribution in [3.63, 3.8) is 0 Å². The molecule has 20 heavy (non-hydrogen) atoms. The second-order valence-corrected chi connectivity index (χ2v) is 4.46. The molecule has 3 aromatic rings. The summed E-state index contributed by atoms with van der Waals surface area (Å²) in [7, 11) is 0. The van der Waals surface area contributed by atoms with Crippen LogP contribution in [0.3, 0.4) is 0 Å². The summed E-state index contributed by atoms with van der Waals surface area (Å²) in [6, 6.07) is 8.14. The lowest BCUT2D eigenvalue weighted by molar-refractivity contribution is 0.432. The minimum absolute atomic E-state index is 0.145. The molecule has 0 aliphatic carbocycles. The second kappa shape index (κ2) is 5.02. The molecule has 100 valence electrons. The lowest BCUT2D eigenvalue weighted by atomic mass is 10.1. The molecule has 0 aliphatic rings. The number of aromatic nitrogens is 2. The molecule has 0 radical (unpaired) electrons. The monoisotopic (exact) mass is 292 g/mol. The van der Waals surface area contributed by atoms with Crippen LogP contribution >= 0.6 is 11.6 Å². The van der Waals surface area contributed by atoms with Gasteiger partial charge in [0.15, 0.2) is 5.76 Å². The van der Waals surface area contributed by atoms with Crippen LogP contribution in [0.1, 0.15) is 0 Å². The van der Waals surface area contributed by atoms with Gasteiger partial charge in [0.25, 0.3) is 0 Å². The van der Waals surface area contributed by atoms with Crippen molar-refractivity contribution in [3.05, 3.63) is 59.4 Å². The first-order valence-corrected chi connectivity index (χ1v) is 6.05. The molecule has 0 bridgehead atoms. The zero-order chi connectivity index (χ0) is 14.1. The molecule has 3 rings (SSSR count). The van der Waals surface area contributed by atoms with Crippen molar-refractivity contribution in [2.45, 2.75) is 0 Å². The third-order valence-corrected chi connectivity index (χ3v) is 2.95. The number of halogens is 3. The molecule has 0 fully saturated rings. The van der Waals surface area contributed by atoms with Gasteiger partial charge in [0.1, 0.15) is 22.5 Å². The molecule has 2 heterocycles. The van der Waals surface area contributed by atoms with Crippen molar-refractivity contribution in [2.75, 3.05) is 0 Å². The van der Waals surface area contributed by atoms with E-state index < -0.39 is 11.6 Å². The first kappa shape index (κ1) is 12.7. The molecule has 3 nitrogen and oxygen atoms in total. The third-order valence-electron chi connectivity index (χ3n) is 2.73. The van der Waals surface area contributed by atoms with Crippen LogP contribution in [0.4, 0.5) is 8.78 Å². The first-order chi connectivity index (χ1) is 9.63. The maximum atomic E-state index is 13.6. The summed E-state index contributed by atoms with van der Waals surface area (Å²) >= 11 is 5.70. The largest absolute Gasteiger partial charge is 0.356 e. The fraction of sp³-hybridized carbons (Fsp3) is 0. The van der Waals surface area contributed by atoms with Crippen molar-refractivity contribution in [1.29, 1.82) is 0 Å². The SMILES string of the molecule is Fc1ccc(-c2cc(-c3ccc(Cl)nc3)no2)c(F)c1. The first-order valence-electron chi connectivity index (χ1n) is 5.67. The van der Waals surface area contributed by atoms with E-state index in [9.17, 15) is 8.78 Å². The number of hydrogen-bond donors (Lipinski definition) is 0. The van der Waals surface area contributed by atoms with Crippen LogP contribution in [0.2, 0.25) is 5.15 Å². The average molecular weight is 293 g/mol. The van der Waals surface area contributed by atoms with Crippen LogP contribution in [0, 0.1) is 11.6 Å². The zero-order valence-corrected chi connectivity index (χ0v) is 10.7. The summed E-state index contributed by atoms with van der Waals surface area (Å²) < 4.78 is 31.6. The highest BCUT2D eigenvalue weighted by Gasteiger charge is 2.13. The average Bonchev–Trinajstić information content (AvgIpc) is 2.89. The Labute approximate surface area is 117 Å². The second-order valence-electron chi connectivity index (χ2n) is 4.07. The Morgan fingerprint density at radius 2 is 1.90 bits per heavy atom. The minimum atomic E-state index is -0.707. The molecule has 1 aromatic carbocycles. The lowest BCUT2D eigenvalue weighted by Gasteiger charge is -1.97. The maximum absolute atomic E-state index is 13.6. The molecule has 0 N–H and O–H groups in total. The van der Waals surface area contributed by atoms with Gasteiger partial charge < -0.3 is 4.52 Å². The van der Waals surface area contributed by atoms with Crippen molar-refractivity contribution < 1.29 is 13.3 Å².